The third kappa shape index (κ3) is 5.59. The van der Waals surface area contributed by atoms with E-state index in [1.54, 1.807) is 44.4 Å². The van der Waals surface area contributed by atoms with Crippen molar-refractivity contribution < 1.29 is 19.1 Å². The second-order valence-corrected chi connectivity index (χ2v) is 9.40. The fourth-order valence-electron chi connectivity index (χ4n) is 2.95. The molecular weight excluding hydrogens is 517 g/mol. The van der Waals surface area contributed by atoms with Crippen molar-refractivity contribution in [2.75, 3.05) is 18.5 Å². The molecule has 0 aliphatic rings. The fourth-order valence-corrected chi connectivity index (χ4v) is 5.30. The molecule has 0 fully saturated rings. The predicted molar refractivity (Wildman–Crippen MR) is 136 cm³/mol. The number of anilines is 1. The summed E-state index contributed by atoms with van der Waals surface area (Å²) >= 11 is 14.6. The number of aromatic nitrogens is 1. The Balaban J connectivity index is 1.95. The maximum atomic E-state index is 12.6. The lowest BCUT2D eigenvalue weighted by Crippen LogP contribution is -2.09. The van der Waals surface area contributed by atoms with Gasteiger partial charge >= 0.3 is 11.9 Å². The van der Waals surface area contributed by atoms with Crippen LogP contribution < -0.4 is 5.32 Å². The Morgan fingerprint density at radius 2 is 1.91 bits per heavy atom. The normalized spacial score (nSPS) is 11.1. The van der Waals surface area contributed by atoms with Crippen LogP contribution in [0.2, 0.25) is 10.0 Å². The number of hydrogen-bond acceptors (Lipinski definition) is 9. The summed E-state index contributed by atoms with van der Waals surface area (Å²) < 4.78 is 10.2. The maximum Gasteiger partial charge on any atom is 0.348 e. The first-order valence-electron chi connectivity index (χ1n) is 10.1. The fraction of sp³-hybridized carbons (Fsp3) is 0.217. The molecule has 3 aromatic rings. The Hall–Kier alpha value is -2.90. The minimum Gasteiger partial charge on any atom is -0.462 e. The molecule has 0 aliphatic carbocycles. The molecule has 34 heavy (non-hydrogen) atoms. The van der Waals surface area contributed by atoms with E-state index in [0.29, 0.717) is 36.9 Å². The van der Waals surface area contributed by atoms with Gasteiger partial charge in [-0.1, -0.05) is 23.2 Å². The highest BCUT2D eigenvalue weighted by molar-refractivity contribution is 7.18. The first kappa shape index (κ1) is 25.7. The molecule has 0 spiro atoms. The number of carbonyl (C=O) groups excluding carboxylic acids is 2. The number of nitrogens with zero attached hydrogens (tertiary/aromatic N) is 2. The number of hydrogen-bond donors (Lipinski definition) is 1. The molecule has 0 saturated carbocycles. The van der Waals surface area contributed by atoms with E-state index in [2.05, 4.69) is 16.4 Å². The Labute approximate surface area is 214 Å². The largest absolute Gasteiger partial charge is 0.462 e. The van der Waals surface area contributed by atoms with Gasteiger partial charge in [0.15, 0.2) is 0 Å². The van der Waals surface area contributed by atoms with Crippen LogP contribution in [0.15, 0.2) is 29.8 Å². The van der Waals surface area contributed by atoms with Crippen molar-refractivity contribution in [3.63, 3.8) is 0 Å². The van der Waals surface area contributed by atoms with Crippen molar-refractivity contribution in [2.24, 2.45) is 0 Å². The molecule has 11 heteroatoms. The number of thiazole rings is 1. The monoisotopic (exact) mass is 535 g/mol. The van der Waals surface area contributed by atoms with Crippen LogP contribution in [0, 0.1) is 18.3 Å². The van der Waals surface area contributed by atoms with Gasteiger partial charge in [0.05, 0.1) is 29.5 Å². The molecule has 0 aliphatic heterocycles. The number of nitriles is 1. The van der Waals surface area contributed by atoms with Crippen molar-refractivity contribution in [1.29, 1.82) is 5.26 Å². The van der Waals surface area contributed by atoms with E-state index in [4.69, 9.17) is 32.7 Å². The van der Waals surface area contributed by atoms with Crippen molar-refractivity contribution >= 4 is 68.4 Å². The molecule has 2 heterocycles. The first-order valence-corrected chi connectivity index (χ1v) is 12.5. The smallest absolute Gasteiger partial charge is 0.348 e. The summed E-state index contributed by atoms with van der Waals surface area (Å²) in [4.78, 5) is 29.7. The molecule has 2 aromatic heterocycles. The van der Waals surface area contributed by atoms with Crippen LogP contribution in [0.1, 0.15) is 44.4 Å². The molecule has 176 valence electrons. The molecular formula is C23H19Cl2N3O4S2. The lowest BCUT2D eigenvalue weighted by molar-refractivity contribution is 0.0527. The van der Waals surface area contributed by atoms with Crippen LogP contribution in [0.25, 0.3) is 16.8 Å². The molecule has 1 N–H and O–H groups in total. The van der Waals surface area contributed by atoms with Gasteiger partial charge in [-0.25, -0.2) is 14.6 Å². The Morgan fingerprint density at radius 1 is 1.21 bits per heavy atom. The number of rotatable bonds is 8. The van der Waals surface area contributed by atoms with E-state index in [-0.39, 0.29) is 29.2 Å². The Kier molecular flexibility index (Phi) is 8.69. The average Bonchev–Trinajstić information content (AvgIpc) is 3.39. The molecule has 0 saturated heterocycles. The summed E-state index contributed by atoms with van der Waals surface area (Å²) in [6.07, 6.45) is 1.44. The zero-order valence-corrected chi connectivity index (χ0v) is 21.5. The molecule has 0 bridgehead atoms. The van der Waals surface area contributed by atoms with Gasteiger partial charge in [0.2, 0.25) is 0 Å². The third-order valence-electron chi connectivity index (χ3n) is 4.50. The van der Waals surface area contributed by atoms with E-state index < -0.39 is 11.9 Å². The summed E-state index contributed by atoms with van der Waals surface area (Å²) in [7, 11) is 0. The van der Waals surface area contributed by atoms with Gasteiger partial charge in [0.1, 0.15) is 26.5 Å². The van der Waals surface area contributed by atoms with Gasteiger partial charge in [-0.2, -0.15) is 5.26 Å². The van der Waals surface area contributed by atoms with E-state index in [9.17, 15) is 14.9 Å². The van der Waals surface area contributed by atoms with Gasteiger partial charge in [0, 0.05) is 22.2 Å². The van der Waals surface area contributed by atoms with Crippen molar-refractivity contribution in [1.82, 2.24) is 4.98 Å². The van der Waals surface area contributed by atoms with Crippen molar-refractivity contribution in [3.05, 3.63) is 60.8 Å². The van der Waals surface area contributed by atoms with Gasteiger partial charge in [-0.05, 0) is 44.5 Å². The van der Waals surface area contributed by atoms with Crippen molar-refractivity contribution in [3.8, 4) is 17.3 Å². The summed E-state index contributed by atoms with van der Waals surface area (Å²) in [6.45, 7) is 5.43. The van der Waals surface area contributed by atoms with Gasteiger partial charge in [-0.15, -0.1) is 22.7 Å². The summed E-state index contributed by atoms with van der Waals surface area (Å²) in [5, 5.41) is 16.2. The average molecular weight is 536 g/mol. The van der Waals surface area contributed by atoms with Crippen LogP contribution in [0.3, 0.4) is 0 Å². The lowest BCUT2D eigenvalue weighted by Gasteiger charge is -2.05. The quantitative estimate of drug-likeness (QED) is 0.249. The molecule has 0 unspecified atom stereocenters. The van der Waals surface area contributed by atoms with Gasteiger partial charge in [0.25, 0.3) is 0 Å². The Morgan fingerprint density at radius 3 is 2.56 bits per heavy atom. The number of allylic oxidation sites excluding steroid dienone is 1. The molecule has 0 atom stereocenters. The number of halogens is 2. The van der Waals surface area contributed by atoms with E-state index in [0.717, 1.165) is 11.3 Å². The van der Waals surface area contributed by atoms with Crippen LogP contribution in [0.5, 0.6) is 0 Å². The maximum absolute atomic E-state index is 12.6. The summed E-state index contributed by atoms with van der Waals surface area (Å²) in [6, 6.07) is 7.20. The highest BCUT2D eigenvalue weighted by Crippen LogP contribution is 2.36. The number of benzene rings is 1. The van der Waals surface area contributed by atoms with E-state index in [1.165, 1.54) is 17.5 Å². The zero-order valence-electron chi connectivity index (χ0n) is 18.4. The summed E-state index contributed by atoms with van der Waals surface area (Å²) in [5.74, 6) is -1.10. The molecule has 0 radical (unpaired) electrons. The minimum absolute atomic E-state index is 0.177. The standard InChI is InChI=1S/C23H19Cl2N3O4S2/c1-4-31-22(29)18-12(3)19(23(30)32-5-2)34-21(18)27-10-13(9-26)20-28-17(11-33-20)15-7-6-14(24)8-16(15)25/h6-8,10-11,27H,4-5H2,1-3H3/b13-10-. The predicted octanol–water partition coefficient (Wildman–Crippen LogP) is 6.82. The van der Waals surface area contributed by atoms with E-state index in [1.807, 2.05) is 0 Å². The van der Waals surface area contributed by atoms with Crippen molar-refractivity contribution in [2.45, 2.75) is 20.8 Å². The second kappa shape index (κ2) is 11.5. The van der Waals surface area contributed by atoms with Gasteiger partial charge in [-0.3, -0.25) is 0 Å². The number of nitrogens with one attached hydrogen (secondary N) is 1. The van der Waals surface area contributed by atoms with Crippen LogP contribution in [0.4, 0.5) is 5.00 Å². The Bertz CT molecular complexity index is 1310. The topological polar surface area (TPSA) is 101 Å². The minimum atomic E-state index is -0.574. The summed E-state index contributed by atoms with van der Waals surface area (Å²) in [5.41, 5.74) is 2.20. The number of thiophene rings is 1. The third-order valence-corrected chi connectivity index (χ3v) is 7.12. The molecule has 0 amide bonds. The number of esters is 2. The first-order chi connectivity index (χ1) is 16.3. The molecule has 3 rings (SSSR count). The highest BCUT2D eigenvalue weighted by Gasteiger charge is 2.26. The second-order valence-electron chi connectivity index (χ2n) is 6.68. The number of carbonyl (C=O) groups is 2. The lowest BCUT2D eigenvalue weighted by atomic mass is 10.1. The molecule has 7 nitrogen and oxygen atoms in total. The number of ether oxygens (including phenoxy) is 2. The highest BCUT2D eigenvalue weighted by atomic mass is 35.5. The van der Waals surface area contributed by atoms with Gasteiger partial charge < -0.3 is 14.8 Å². The van der Waals surface area contributed by atoms with Crippen LogP contribution >= 0.6 is 45.9 Å². The zero-order chi connectivity index (χ0) is 24.8. The van der Waals surface area contributed by atoms with Crippen LogP contribution in [-0.2, 0) is 9.47 Å². The van der Waals surface area contributed by atoms with E-state index >= 15 is 0 Å². The molecule has 1 aromatic carbocycles. The SMILES string of the molecule is CCOC(=O)c1sc(N/C=C(/C#N)c2nc(-c3ccc(Cl)cc3Cl)cs2)c(C(=O)OCC)c1C. The van der Waals surface area contributed by atoms with Crippen LogP contribution in [-0.4, -0.2) is 30.1 Å².